The molecular formula is C45H81O9P. The molecule has 0 aliphatic heterocycles. The molecule has 0 aromatic rings. The maximum Gasteiger partial charge on any atom is 0.469 e. The highest BCUT2D eigenvalue weighted by Gasteiger charge is 2.22. The van der Waals surface area contributed by atoms with Crippen LogP contribution in [0.15, 0.2) is 48.6 Å². The summed E-state index contributed by atoms with van der Waals surface area (Å²) in [7, 11) is -4.78. The van der Waals surface area contributed by atoms with Crippen LogP contribution < -0.4 is 0 Å². The van der Waals surface area contributed by atoms with E-state index in [0.717, 1.165) is 44.9 Å². The Morgan fingerprint density at radius 1 is 0.545 bits per heavy atom. The number of hydrogen-bond donors (Lipinski definition) is 3. The minimum atomic E-state index is -4.78. The molecule has 0 saturated carbocycles. The second kappa shape index (κ2) is 40.2. The molecule has 0 spiro atoms. The molecule has 0 radical (unpaired) electrons. The summed E-state index contributed by atoms with van der Waals surface area (Å²) in [4.78, 5) is 42.9. The van der Waals surface area contributed by atoms with E-state index in [-0.39, 0.29) is 25.6 Å². The van der Waals surface area contributed by atoms with Gasteiger partial charge in [-0.2, -0.15) is 0 Å². The number of phosphoric ester groups is 1. The number of aliphatic hydroxyl groups excluding tert-OH is 1. The van der Waals surface area contributed by atoms with Crippen molar-refractivity contribution in [1.82, 2.24) is 0 Å². The lowest BCUT2D eigenvalue weighted by Crippen LogP contribution is -2.29. The van der Waals surface area contributed by atoms with Crippen molar-refractivity contribution in [3.8, 4) is 0 Å². The van der Waals surface area contributed by atoms with Crippen molar-refractivity contribution in [1.29, 1.82) is 0 Å². The van der Waals surface area contributed by atoms with Gasteiger partial charge in [0.05, 0.1) is 12.7 Å². The molecule has 55 heavy (non-hydrogen) atoms. The van der Waals surface area contributed by atoms with E-state index < -0.39 is 32.5 Å². The molecule has 0 aliphatic rings. The lowest BCUT2D eigenvalue weighted by molar-refractivity contribution is -0.161. The normalized spacial score (nSPS) is 13.5. The maximum atomic E-state index is 12.4. The van der Waals surface area contributed by atoms with Gasteiger partial charge in [0.15, 0.2) is 6.10 Å². The Bertz CT molecular complexity index is 1050. The second-order valence-corrected chi connectivity index (χ2v) is 16.1. The molecule has 0 fully saturated rings. The van der Waals surface area contributed by atoms with Crippen LogP contribution in [0.5, 0.6) is 0 Å². The largest absolute Gasteiger partial charge is 0.469 e. The van der Waals surface area contributed by atoms with Gasteiger partial charge in [0, 0.05) is 12.8 Å². The first-order valence-electron chi connectivity index (χ1n) is 22.0. The fraction of sp³-hybridized carbons (Fsp3) is 0.778. The summed E-state index contributed by atoms with van der Waals surface area (Å²) in [5.41, 5.74) is 0. The Balaban J connectivity index is 3.98. The highest BCUT2D eigenvalue weighted by molar-refractivity contribution is 7.46. The van der Waals surface area contributed by atoms with E-state index in [0.29, 0.717) is 25.7 Å². The van der Waals surface area contributed by atoms with Gasteiger partial charge in [0.1, 0.15) is 6.61 Å². The Morgan fingerprint density at radius 3 is 1.45 bits per heavy atom. The van der Waals surface area contributed by atoms with Gasteiger partial charge in [-0.3, -0.25) is 14.1 Å². The molecule has 1 unspecified atom stereocenters. The Kier molecular flexibility index (Phi) is 38.7. The van der Waals surface area contributed by atoms with Crippen molar-refractivity contribution >= 4 is 19.8 Å². The monoisotopic (exact) mass is 797 g/mol. The van der Waals surface area contributed by atoms with E-state index in [1.165, 1.54) is 103 Å². The second-order valence-electron chi connectivity index (χ2n) is 14.9. The van der Waals surface area contributed by atoms with Crippen LogP contribution in [0, 0.1) is 0 Å². The molecule has 10 heteroatoms. The summed E-state index contributed by atoms with van der Waals surface area (Å²) in [6, 6.07) is 0. The van der Waals surface area contributed by atoms with Gasteiger partial charge < -0.3 is 24.4 Å². The van der Waals surface area contributed by atoms with Crippen LogP contribution in [0.2, 0.25) is 0 Å². The molecule has 0 rings (SSSR count). The fourth-order valence-electron chi connectivity index (χ4n) is 6.15. The first kappa shape index (κ1) is 53.0. The number of hydrogen-bond acceptors (Lipinski definition) is 7. The van der Waals surface area contributed by atoms with Gasteiger partial charge >= 0.3 is 19.8 Å². The average molecular weight is 797 g/mol. The van der Waals surface area contributed by atoms with E-state index in [9.17, 15) is 19.3 Å². The summed E-state index contributed by atoms with van der Waals surface area (Å²) in [6.45, 7) is 3.46. The van der Waals surface area contributed by atoms with E-state index in [2.05, 4.69) is 48.8 Å². The molecule has 0 aromatic carbocycles. The van der Waals surface area contributed by atoms with Crippen molar-refractivity contribution in [3.63, 3.8) is 0 Å². The number of rotatable bonds is 40. The zero-order chi connectivity index (χ0) is 40.5. The number of carbonyl (C=O) groups excluding carboxylic acids is 2. The number of phosphoric acid groups is 1. The molecule has 0 saturated heterocycles. The molecule has 2 atom stereocenters. The molecule has 320 valence electrons. The predicted octanol–water partition coefficient (Wildman–Crippen LogP) is 12.5. The van der Waals surface area contributed by atoms with Crippen molar-refractivity contribution in [3.05, 3.63) is 48.6 Å². The summed E-state index contributed by atoms with van der Waals surface area (Å²) in [5, 5.41) is 9.71. The van der Waals surface area contributed by atoms with Gasteiger partial charge in [-0.25, -0.2) is 4.57 Å². The van der Waals surface area contributed by atoms with E-state index in [4.69, 9.17) is 19.3 Å². The highest BCUT2D eigenvalue weighted by Crippen LogP contribution is 2.36. The molecule has 0 aromatic heterocycles. The fourth-order valence-corrected chi connectivity index (χ4v) is 6.51. The first-order valence-corrected chi connectivity index (χ1v) is 23.5. The number of unbranched alkanes of at least 4 members (excludes halogenated alkanes) is 19. The molecule has 9 nitrogen and oxygen atoms in total. The van der Waals surface area contributed by atoms with Crippen LogP contribution in [0.25, 0.3) is 0 Å². The molecular weight excluding hydrogens is 715 g/mol. The molecule has 0 aliphatic carbocycles. The van der Waals surface area contributed by atoms with Crippen molar-refractivity contribution in [2.45, 2.75) is 212 Å². The topological polar surface area (TPSA) is 140 Å². The summed E-state index contributed by atoms with van der Waals surface area (Å²) in [6.07, 6.45) is 46.2. The van der Waals surface area contributed by atoms with Gasteiger partial charge in [-0.05, 0) is 51.4 Å². The minimum Gasteiger partial charge on any atom is -0.462 e. The summed E-state index contributed by atoms with van der Waals surface area (Å²) in [5.74, 6) is -0.965. The van der Waals surface area contributed by atoms with Gasteiger partial charge in [0.25, 0.3) is 0 Å². The van der Waals surface area contributed by atoms with Crippen molar-refractivity contribution in [2.75, 3.05) is 13.2 Å². The maximum absolute atomic E-state index is 12.4. The van der Waals surface area contributed by atoms with Crippen LogP contribution >= 0.6 is 7.82 Å². The number of allylic oxidation sites excluding steroid dienone is 7. The van der Waals surface area contributed by atoms with Crippen molar-refractivity contribution < 1.29 is 43.0 Å². The van der Waals surface area contributed by atoms with Crippen LogP contribution in [0.1, 0.15) is 200 Å². The Morgan fingerprint density at radius 2 is 0.982 bits per heavy atom. The smallest absolute Gasteiger partial charge is 0.462 e. The number of ether oxygens (including phenoxy) is 2. The number of esters is 2. The third-order valence-electron chi connectivity index (χ3n) is 9.41. The summed E-state index contributed by atoms with van der Waals surface area (Å²) >= 11 is 0. The average Bonchev–Trinajstić information content (AvgIpc) is 3.15. The highest BCUT2D eigenvalue weighted by atomic mass is 31.2. The van der Waals surface area contributed by atoms with E-state index in [1.54, 1.807) is 0 Å². The standard InChI is InChI=1S/C45H81O9P/c1-3-5-6-7-8-9-10-11-12-13-14-15-16-19-22-25-28-31-34-38-44(47)52-40-43(41-53-55(49,50)51)54-45(48)39-35-32-29-26-23-20-17-18-21-24-27-30-33-37-42(46)36-4-2/h17,20-21,24,26,29-30,33,42-43,46H,3-16,18-19,22-23,25,27-28,31-32,34-41H2,1-2H3,(H2,49,50,51)/b20-17-,24-21-,29-26-,33-30-/t42?,43-/m1/s1. The third-order valence-corrected chi connectivity index (χ3v) is 9.89. The van der Waals surface area contributed by atoms with E-state index >= 15 is 0 Å². The zero-order valence-corrected chi connectivity index (χ0v) is 35.8. The molecule has 3 N–H and O–H groups in total. The molecule has 0 amide bonds. The zero-order valence-electron chi connectivity index (χ0n) is 34.9. The minimum absolute atomic E-state index is 0.122. The number of aliphatic hydroxyl groups is 1. The Hall–Kier alpha value is -2.03. The van der Waals surface area contributed by atoms with Gasteiger partial charge in [0.2, 0.25) is 0 Å². The van der Waals surface area contributed by atoms with Gasteiger partial charge in [-0.1, -0.05) is 184 Å². The number of carbonyl (C=O) groups is 2. The Labute approximate surface area is 336 Å². The molecule has 0 heterocycles. The van der Waals surface area contributed by atoms with Crippen LogP contribution in [-0.2, 0) is 28.2 Å². The van der Waals surface area contributed by atoms with Crippen LogP contribution in [-0.4, -0.2) is 52.3 Å². The predicted molar refractivity (Wildman–Crippen MR) is 227 cm³/mol. The summed E-state index contributed by atoms with van der Waals surface area (Å²) < 4.78 is 26.3. The first-order chi connectivity index (χ1) is 26.7. The lowest BCUT2D eigenvalue weighted by atomic mass is 10.0. The van der Waals surface area contributed by atoms with Crippen molar-refractivity contribution in [2.24, 2.45) is 0 Å². The lowest BCUT2D eigenvalue weighted by Gasteiger charge is -2.18. The quantitative estimate of drug-likeness (QED) is 0.0239. The van der Waals surface area contributed by atoms with E-state index in [1.807, 2.05) is 18.2 Å². The SMILES string of the molecule is CCCCCCCCCCCCCCCCCCCCCC(=O)OC[C@H](COP(=O)(O)O)OC(=O)CCC/C=C\C/C=C\C/C=C\C/C=C\CC(O)CCC. The van der Waals surface area contributed by atoms with Gasteiger partial charge in [-0.15, -0.1) is 0 Å². The third kappa shape index (κ3) is 42.9. The van der Waals surface area contributed by atoms with Crippen LogP contribution in [0.4, 0.5) is 0 Å². The molecule has 0 bridgehead atoms. The van der Waals surface area contributed by atoms with Crippen LogP contribution in [0.3, 0.4) is 0 Å².